The van der Waals surface area contributed by atoms with Crippen LogP contribution in [0.25, 0.3) is 0 Å². The van der Waals surface area contributed by atoms with Gasteiger partial charge in [0.15, 0.2) is 0 Å². The molecule has 2 N–H and O–H groups in total. The van der Waals surface area contributed by atoms with Gasteiger partial charge in [-0.25, -0.2) is 9.18 Å². The topological polar surface area (TPSA) is 65.5 Å². The van der Waals surface area contributed by atoms with Crippen molar-refractivity contribution in [2.24, 2.45) is 0 Å². The zero-order chi connectivity index (χ0) is 14.7. The molecule has 0 fully saturated rings. The average molecular weight is 295 g/mol. The van der Waals surface area contributed by atoms with Crippen molar-refractivity contribution in [2.45, 2.75) is 17.6 Å². The van der Waals surface area contributed by atoms with Crippen LogP contribution in [0, 0.1) is 12.7 Å². The summed E-state index contributed by atoms with van der Waals surface area (Å²) in [5, 5.41) is 0. The maximum absolute atomic E-state index is 13.3. The van der Waals surface area contributed by atoms with Crippen molar-refractivity contribution in [3.63, 3.8) is 0 Å². The van der Waals surface area contributed by atoms with Crippen molar-refractivity contribution in [3.05, 3.63) is 47.2 Å². The molecule has 1 aromatic heterocycles. The van der Waals surface area contributed by atoms with Gasteiger partial charge in [0.1, 0.15) is 11.6 Å². The lowest BCUT2D eigenvalue weighted by molar-refractivity contribution is 0.0562. The number of thioether (sulfide) groups is 1. The lowest BCUT2D eigenvalue weighted by atomic mass is 10.3. The van der Waals surface area contributed by atoms with Gasteiger partial charge in [-0.15, -0.1) is 11.8 Å². The van der Waals surface area contributed by atoms with E-state index in [-0.39, 0.29) is 11.4 Å². The number of rotatable bonds is 4. The Kier molecular flexibility index (Phi) is 4.34. The Labute approximate surface area is 120 Å². The number of methoxy groups -OCH3 is 1. The van der Waals surface area contributed by atoms with Gasteiger partial charge in [0, 0.05) is 10.5 Å². The predicted octanol–water partition coefficient (Wildman–Crippen LogP) is 3.39. The van der Waals surface area contributed by atoms with Crippen LogP contribution in [0.3, 0.4) is 0 Å². The zero-order valence-electron chi connectivity index (χ0n) is 11.1. The highest BCUT2D eigenvalue weighted by atomic mass is 32.2. The first-order valence-corrected chi connectivity index (χ1v) is 6.85. The van der Waals surface area contributed by atoms with Crippen LogP contribution in [0.5, 0.6) is 0 Å². The number of anilines is 1. The molecule has 0 atom stereocenters. The van der Waals surface area contributed by atoms with Crippen LogP contribution >= 0.6 is 11.8 Å². The molecule has 0 amide bonds. The number of hydrogen-bond acceptors (Lipinski definition) is 5. The molecule has 0 spiro atoms. The van der Waals surface area contributed by atoms with Crippen LogP contribution in [0.4, 0.5) is 10.1 Å². The highest BCUT2D eigenvalue weighted by molar-refractivity contribution is 7.98. The van der Waals surface area contributed by atoms with E-state index in [1.165, 1.54) is 31.0 Å². The third-order valence-electron chi connectivity index (χ3n) is 2.69. The highest BCUT2D eigenvalue weighted by Crippen LogP contribution is 2.27. The average Bonchev–Trinajstić information content (AvgIpc) is 2.80. The highest BCUT2D eigenvalue weighted by Gasteiger charge is 2.16. The van der Waals surface area contributed by atoms with Crippen LogP contribution < -0.4 is 5.73 Å². The van der Waals surface area contributed by atoms with E-state index in [9.17, 15) is 9.18 Å². The number of furan rings is 1. The summed E-state index contributed by atoms with van der Waals surface area (Å²) in [7, 11) is 1.30. The fourth-order valence-electron chi connectivity index (χ4n) is 1.67. The molecule has 0 aliphatic carbocycles. The fourth-order valence-corrected chi connectivity index (χ4v) is 2.47. The molecular weight excluding hydrogens is 281 g/mol. The number of nitrogens with two attached hydrogens (primary N) is 1. The lowest BCUT2D eigenvalue weighted by Crippen LogP contribution is -2.00. The first-order chi connectivity index (χ1) is 9.51. The molecule has 2 rings (SSSR count). The van der Waals surface area contributed by atoms with E-state index in [0.29, 0.717) is 11.5 Å². The van der Waals surface area contributed by atoms with Crippen molar-refractivity contribution in [3.8, 4) is 0 Å². The Hall–Kier alpha value is -1.95. The predicted molar refractivity (Wildman–Crippen MR) is 75.2 cm³/mol. The molecule has 0 bridgehead atoms. The summed E-state index contributed by atoms with van der Waals surface area (Å²) >= 11 is 1.40. The number of hydrogen-bond donors (Lipinski definition) is 1. The number of carbonyl (C=O) groups excluding carboxylic acids is 1. The van der Waals surface area contributed by atoms with Gasteiger partial charge < -0.3 is 14.9 Å². The second kappa shape index (κ2) is 6.00. The third-order valence-corrected chi connectivity index (χ3v) is 3.71. The maximum atomic E-state index is 13.3. The smallest absolute Gasteiger partial charge is 0.374 e. The molecule has 1 heterocycles. The second-order valence-electron chi connectivity index (χ2n) is 4.19. The number of carbonyl (C=O) groups is 1. The normalized spacial score (nSPS) is 10.6. The Morgan fingerprint density at radius 1 is 1.45 bits per heavy atom. The number of ether oxygens (including phenoxy) is 1. The first kappa shape index (κ1) is 14.5. The Morgan fingerprint density at radius 2 is 2.20 bits per heavy atom. The Balaban J connectivity index is 2.07. The van der Waals surface area contributed by atoms with Crippen LogP contribution in [0.15, 0.2) is 33.6 Å². The Morgan fingerprint density at radius 3 is 2.85 bits per heavy atom. The summed E-state index contributed by atoms with van der Waals surface area (Å²) in [5.74, 6) is 0.371. The van der Waals surface area contributed by atoms with E-state index in [1.807, 2.05) is 0 Å². The molecule has 6 heteroatoms. The molecule has 1 aromatic carbocycles. The van der Waals surface area contributed by atoms with E-state index >= 15 is 0 Å². The minimum Gasteiger partial charge on any atom is -0.463 e. The van der Waals surface area contributed by atoms with Crippen molar-refractivity contribution in [1.29, 1.82) is 0 Å². The number of nitrogen functional groups attached to an aromatic ring is 1. The van der Waals surface area contributed by atoms with E-state index in [0.717, 1.165) is 10.5 Å². The maximum Gasteiger partial charge on any atom is 0.374 e. The molecule has 0 aliphatic heterocycles. The molecule has 0 saturated carbocycles. The van der Waals surface area contributed by atoms with E-state index in [4.69, 9.17) is 10.2 Å². The SMILES string of the molecule is COC(=O)c1oc(CSc2ccc(N)c(F)c2)cc1C. The van der Waals surface area contributed by atoms with Gasteiger partial charge in [-0.3, -0.25) is 0 Å². The molecule has 0 unspecified atom stereocenters. The summed E-state index contributed by atoms with van der Waals surface area (Å²) in [6, 6.07) is 6.40. The van der Waals surface area contributed by atoms with Gasteiger partial charge in [-0.1, -0.05) is 0 Å². The number of halogens is 1. The van der Waals surface area contributed by atoms with Crippen LogP contribution in [0.2, 0.25) is 0 Å². The number of benzene rings is 1. The van der Waals surface area contributed by atoms with Gasteiger partial charge in [0.05, 0.1) is 18.6 Å². The van der Waals surface area contributed by atoms with Crippen LogP contribution in [0.1, 0.15) is 21.9 Å². The van der Waals surface area contributed by atoms with Crippen molar-refractivity contribution in [2.75, 3.05) is 12.8 Å². The summed E-state index contributed by atoms with van der Waals surface area (Å²) < 4.78 is 23.4. The standard InChI is InChI=1S/C14H14FNO3S/c1-8-5-9(19-13(8)14(17)18-2)7-20-10-3-4-12(16)11(15)6-10/h3-6H,7,16H2,1-2H3. The molecule has 0 aliphatic rings. The van der Waals surface area contributed by atoms with Crippen LogP contribution in [-0.2, 0) is 10.5 Å². The molecular formula is C14H14FNO3S. The van der Waals surface area contributed by atoms with Crippen molar-refractivity contribution in [1.82, 2.24) is 0 Å². The van der Waals surface area contributed by atoms with Crippen LogP contribution in [-0.4, -0.2) is 13.1 Å². The zero-order valence-corrected chi connectivity index (χ0v) is 11.9. The van der Waals surface area contributed by atoms with E-state index in [2.05, 4.69) is 4.74 Å². The van der Waals surface area contributed by atoms with Gasteiger partial charge in [0.25, 0.3) is 0 Å². The van der Waals surface area contributed by atoms with Crippen molar-refractivity contribution < 1.29 is 18.3 Å². The van der Waals surface area contributed by atoms with Gasteiger partial charge in [-0.2, -0.15) is 0 Å². The minimum atomic E-state index is -0.503. The molecule has 0 saturated heterocycles. The molecule has 106 valence electrons. The van der Waals surface area contributed by atoms with E-state index < -0.39 is 11.8 Å². The quantitative estimate of drug-likeness (QED) is 0.532. The third kappa shape index (κ3) is 3.14. The summed E-state index contributed by atoms with van der Waals surface area (Å²) in [6.07, 6.45) is 0. The summed E-state index contributed by atoms with van der Waals surface area (Å²) in [5.41, 5.74) is 6.25. The molecule has 4 nitrogen and oxygen atoms in total. The summed E-state index contributed by atoms with van der Waals surface area (Å²) in [4.78, 5) is 12.2. The first-order valence-electron chi connectivity index (χ1n) is 5.86. The molecule has 2 aromatic rings. The number of aryl methyl sites for hydroxylation is 1. The van der Waals surface area contributed by atoms with Gasteiger partial charge in [0.2, 0.25) is 5.76 Å². The monoisotopic (exact) mass is 295 g/mol. The summed E-state index contributed by atoms with van der Waals surface area (Å²) in [6.45, 7) is 1.77. The lowest BCUT2D eigenvalue weighted by Gasteiger charge is -2.01. The fraction of sp³-hybridized carbons (Fsp3) is 0.214. The molecule has 0 radical (unpaired) electrons. The van der Waals surface area contributed by atoms with Crippen molar-refractivity contribution >= 4 is 23.4 Å². The largest absolute Gasteiger partial charge is 0.463 e. The second-order valence-corrected chi connectivity index (χ2v) is 5.24. The molecule has 20 heavy (non-hydrogen) atoms. The van der Waals surface area contributed by atoms with Gasteiger partial charge >= 0.3 is 5.97 Å². The van der Waals surface area contributed by atoms with E-state index in [1.54, 1.807) is 19.1 Å². The van der Waals surface area contributed by atoms with Gasteiger partial charge in [-0.05, 0) is 31.2 Å². The number of esters is 1. The minimum absolute atomic E-state index is 0.121. The Bertz CT molecular complexity index is 639.